The molecule has 0 spiro atoms. The fraction of sp³-hybridized carbons (Fsp3) is 0.0952. The van der Waals surface area contributed by atoms with Gasteiger partial charge in [0.2, 0.25) is 0 Å². The SMILES string of the molecule is COc1ccc2c(CC(=O)Oc3ccc4ccccc4c3)coc2c1. The summed E-state index contributed by atoms with van der Waals surface area (Å²) < 4.78 is 16.2. The van der Waals surface area contributed by atoms with Crippen molar-refractivity contribution in [3.8, 4) is 11.5 Å². The van der Waals surface area contributed by atoms with Crippen LogP contribution in [-0.4, -0.2) is 13.1 Å². The largest absolute Gasteiger partial charge is 0.497 e. The topological polar surface area (TPSA) is 48.7 Å². The van der Waals surface area contributed by atoms with Gasteiger partial charge in [-0.2, -0.15) is 0 Å². The number of furan rings is 1. The Balaban J connectivity index is 1.53. The average Bonchev–Trinajstić information content (AvgIpc) is 3.03. The van der Waals surface area contributed by atoms with E-state index in [2.05, 4.69) is 0 Å². The summed E-state index contributed by atoms with van der Waals surface area (Å²) in [6, 6.07) is 19.1. The van der Waals surface area contributed by atoms with E-state index in [4.69, 9.17) is 13.9 Å². The Morgan fingerprint density at radius 2 is 1.76 bits per heavy atom. The summed E-state index contributed by atoms with van der Waals surface area (Å²) in [6.45, 7) is 0. The molecule has 0 aliphatic carbocycles. The van der Waals surface area contributed by atoms with Crippen LogP contribution in [0.25, 0.3) is 21.7 Å². The van der Waals surface area contributed by atoms with Crippen LogP contribution in [0.15, 0.2) is 71.3 Å². The summed E-state index contributed by atoms with van der Waals surface area (Å²) in [6.07, 6.45) is 1.73. The maximum atomic E-state index is 12.3. The van der Waals surface area contributed by atoms with Crippen LogP contribution >= 0.6 is 0 Å². The molecule has 0 aliphatic heterocycles. The van der Waals surface area contributed by atoms with Gasteiger partial charge in [-0.3, -0.25) is 4.79 Å². The highest BCUT2D eigenvalue weighted by molar-refractivity contribution is 5.88. The Kier molecular flexibility index (Phi) is 3.86. The molecule has 0 fully saturated rings. The highest BCUT2D eigenvalue weighted by Crippen LogP contribution is 2.26. The molecule has 0 saturated carbocycles. The Bertz CT molecular complexity index is 1060. The minimum Gasteiger partial charge on any atom is -0.497 e. The van der Waals surface area contributed by atoms with Crippen molar-refractivity contribution in [1.82, 2.24) is 0 Å². The summed E-state index contributed by atoms with van der Waals surface area (Å²) in [5, 5.41) is 3.03. The molecule has 0 aliphatic rings. The number of rotatable bonds is 4. The summed E-state index contributed by atoms with van der Waals surface area (Å²) >= 11 is 0. The van der Waals surface area contributed by atoms with E-state index < -0.39 is 0 Å². The first-order valence-corrected chi connectivity index (χ1v) is 7.96. The zero-order chi connectivity index (χ0) is 17.2. The lowest BCUT2D eigenvalue weighted by Gasteiger charge is -2.05. The van der Waals surface area contributed by atoms with Crippen molar-refractivity contribution in [3.05, 3.63) is 72.5 Å². The monoisotopic (exact) mass is 332 g/mol. The number of esters is 1. The average molecular weight is 332 g/mol. The van der Waals surface area contributed by atoms with Crippen molar-refractivity contribution in [3.63, 3.8) is 0 Å². The van der Waals surface area contributed by atoms with Crippen LogP contribution in [0.5, 0.6) is 11.5 Å². The second kappa shape index (κ2) is 6.32. The molecule has 0 atom stereocenters. The van der Waals surface area contributed by atoms with E-state index >= 15 is 0 Å². The van der Waals surface area contributed by atoms with Crippen molar-refractivity contribution < 1.29 is 18.7 Å². The molecule has 0 amide bonds. The lowest BCUT2D eigenvalue weighted by atomic mass is 10.1. The molecular formula is C21H16O4. The van der Waals surface area contributed by atoms with Gasteiger partial charge >= 0.3 is 5.97 Å². The van der Waals surface area contributed by atoms with Crippen molar-refractivity contribution >= 4 is 27.7 Å². The molecule has 0 unspecified atom stereocenters. The van der Waals surface area contributed by atoms with E-state index in [0.29, 0.717) is 17.1 Å². The number of fused-ring (bicyclic) bond motifs is 2. The van der Waals surface area contributed by atoms with Crippen LogP contribution in [0.4, 0.5) is 0 Å². The molecule has 0 saturated heterocycles. The molecule has 124 valence electrons. The number of carbonyl (C=O) groups is 1. The molecule has 1 aromatic heterocycles. The molecular weight excluding hydrogens is 316 g/mol. The van der Waals surface area contributed by atoms with Gasteiger partial charge in [0, 0.05) is 17.0 Å². The van der Waals surface area contributed by atoms with E-state index in [1.165, 1.54) is 0 Å². The number of methoxy groups -OCH3 is 1. The Hall–Kier alpha value is -3.27. The lowest BCUT2D eigenvalue weighted by Crippen LogP contribution is -2.10. The van der Waals surface area contributed by atoms with Gasteiger partial charge in [-0.15, -0.1) is 0 Å². The van der Waals surface area contributed by atoms with Crippen LogP contribution in [0.1, 0.15) is 5.56 Å². The highest BCUT2D eigenvalue weighted by atomic mass is 16.5. The van der Waals surface area contributed by atoms with E-state index in [1.54, 1.807) is 25.5 Å². The van der Waals surface area contributed by atoms with Crippen LogP contribution in [0.2, 0.25) is 0 Å². The molecule has 0 bridgehead atoms. The standard InChI is InChI=1S/C21H16O4/c1-23-17-8-9-19-16(13-24-20(19)12-17)11-21(22)25-18-7-6-14-4-2-3-5-15(14)10-18/h2-10,12-13H,11H2,1H3. The zero-order valence-corrected chi connectivity index (χ0v) is 13.7. The number of hydrogen-bond acceptors (Lipinski definition) is 4. The van der Waals surface area contributed by atoms with E-state index in [0.717, 1.165) is 21.7 Å². The molecule has 4 nitrogen and oxygen atoms in total. The van der Waals surface area contributed by atoms with Crippen LogP contribution < -0.4 is 9.47 Å². The minimum absolute atomic E-state index is 0.145. The number of benzene rings is 3. The third-order valence-corrected chi connectivity index (χ3v) is 4.15. The second-order valence-corrected chi connectivity index (χ2v) is 5.78. The van der Waals surface area contributed by atoms with Gasteiger partial charge in [0.15, 0.2) is 0 Å². The Labute approximate surface area is 144 Å². The van der Waals surface area contributed by atoms with Crippen LogP contribution in [-0.2, 0) is 11.2 Å². The predicted molar refractivity (Wildman–Crippen MR) is 96.1 cm³/mol. The summed E-state index contributed by atoms with van der Waals surface area (Å²) in [4.78, 5) is 12.3. The van der Waals surface area contributed by atoms with E-state index in [-0.39, 0.29) is 12.4 Å². The molecule has 4 aromatic rings. The molecule has 25 heavy (non-hydrogen) atoms. The molecule has 4 heteroatoms. The molecule has 3 aromatic carbocycles. The van der Waals surface area contributed by atoms with Gasteiger partial charge in [-0.25, -0.2) is 0 Å². The summed E-state index contributed by atoms with van der Waals surface area (Å²) in [5.74, 6) is 0.930. The fourth-order valence-electron chi connectivity index (χ4n) is 2.88. The number of ether oxygens (including phenoxy) is 2. The molecule has 0 N–H and O–H groups in total. The summed E-state index contributed by atoms with van der Waals surface area (Å²) in [5.41, 5.74) is 1.48. The Morgan fingerprint density at radius 3 is 2.60 bits per heavy atom. The Morgan fingerprint density at radius 1 is 0.960 bits per heavy atom. The highest BCUT2D eigenvalue weighted by Gasteiger charge is 2.13. The number of hydrogen-bond donors (Lipinski definition) is 0. The summed E-state index contributed by atoms with van der Waals surface area (Å²) in [7, 11) is 1.60. The van der Waals surface area contributed by atoms with Crippen molar-refractivity contribution in [2.45, 2.75) is 6.42 Å². The molecule has 0 radical (unpaired) electrons. The van der Waals surface area contributed by atoms with Gasteiger partial charge < -0.3 is 13.9 Å². The fourth-order valence-corrected chi connectivity index (χ4v) is 2.88. The van der Waals surface area contributed by atoms with Gasteiger partial charge in [-0.1, -0.05) is 30.3 Å². The van der Waals surface area contributed by atoms with E-state index in [9.17, 15) is 4.79 Å². The van der Waals surface area contributed by atoms with Crippen LogP contribution in [0, 0.1) is 0 Å². The molecule has 1 heterocycles. The first-order valence-electron chi connectivity index (χ1n) is 7.96. The smallest absolute Gasteiger partial charge is 0.315 e. The number of carbonyl (C=O) groups excluding carboxylic acids is 1. The van der Waals surface area contributed by atoms with Gasteiger partial charge in [0.05, 0.1) is 19.8 Å². The van der Waals surface area contributed by atoms with Gasteiger partial charge in [0.25, 0.3) is 0 Å². The first-order chi connectivity index (χ1) is 12.2. The predicted octanol–water partition coefficient (Wildman–Crippen LogP) is 4.74. The van der Waals surface area contributed by atoms with Crippen molar-refractivity contribution in [1.29, 1.82) is 0 Å². The van der Waals surface area contributed by atoms with Crippen molar-refractivity contribution in [2.24, 2.45) is 0 Å². The zero-order valence-electron chi connectivity index (χ0n) is 13.7. The van der Waals surface area contributed by atoms with Crippen molar-refractivity contribution in [2.75, 3.05) is 7.11 Å². The molecule has 4 rings (SSSR count). The lowest BCUT2D eigenvalue weighted by molar-refractivity contribution is -0.133. The normalized spacial score (nSPS) is 10.9. The maximum Gasteiger partial charge on any atom is 0.315 e. The van der Waals surface area contributed by atoms with E-state index in [1.807, 2.05) is 48.5 Å². The first kappa shape index (κ1) is 15.3. The minimum atomic E-state index is -0.325. The van der Waals surface area contributed by atoms with Gasteiger partial charge in [-0.05, 0) is 35.0 Å². The second-order valence-electron chi connectivity index (χ2n) is 5.78. The quantitative estimate of drug-likeness (QED) is 0.400. The third kappa shape index (κ3) is 3.06. The third-order valence-electron chi connectivity index (χ3n) is 4.15. The van der Waals surface area contributed by atoms with Gasteiger partial charge in [0.1, 0.15) is 17.1 Å². The maximum absolute atomic E-state index is 12.3. The van der Waals surface area contributed by atoms with Crippen LogP contribution in [0.3, 0.4) is 0 Å².